The molecule has 6 nitrogen and oxygen atoms in total. The summed E-state index contributed by atoms with van der Waals surface area (Å²) in [6, 6.07) is 0. The monoisotopic (exact) mass is 859 g/mol. The second-order valence-electron chi connectivity index (χ2n) is 16.0. The second-order valence-corrected chi connectivity index (χ2v) is 16.0. The van der Waals surface area contributed by atoms with Gasteiger partial charge in [-0.1, -0.05) is 188 Å². The van der Waals surface area contributed by atoms with E-state index in [1.54, 1.807) is 0 Å². The molecule has 0 rings (SSSR count). The molecule has 0 aliphatic rings. The Hall–Kier alpha value is -3.93. The van der Waals surface area contributed by atoms with Gasteiger partial charge in [0.2, 0.25) is 0 Å². The van der Waals surface area contributed by atoms with Crippen LogP contribution in [0.4, 0.5) is 0 Å². The van der Waals surface area contributed by atoms with Gasteiger partial charge in [-0.05, 0) is 109 Å². The molecule has 0 spiro atoms. The van der Waals surface area contributed by atoms with Crippen LogP contribution in [0.15, 0.2) is 109 Å². The number of allylic oxidation sites excluding steroid dienone is 18. The van der Waals surface area contributed by atoms with Gasteiger partial charge in [0.25, 0.3) is 0 Å². The average Bonchev–Trinajstić information content (AvgIpc) is 3.27. The van der Waals surface area contributed by atoms with Crippen molar-refractivity contribution in [2.75, 3.05) is 13.2 Å². The van der Waals surface area contributed by atoms with E-state index < -0.39 is 6.10 Å². The molecule has 0 N–H and O–H groups in total. The maximum absolute atomic E-state index is 12.8. The van der Waals surface area contributed by atoms with Crippen molar-refractivity contribution in [1.29, 1.82) is 0 Å². The number of unbranched alkanes of at least 4 members (excludes halogenated alkanes) is 15. The molecule has 62 heavy (non-hydrogen) atoms. The van der Waals surface area contributed by atoms with Crippen LogP contribution in [0.25, 0.3) is 0 Å². The lowest BCUT2D eigenvalue weighted by atomic mass is 10.1. The highest BCUT2D eigenvalue weighted by Crippen LogP contribution is 2.13. The Morgan fingerprint density at radius 1 is 0.355 bits per heavy atom. The summed E-state index contributed by atoms with van der Waals surface area (Å²) >= 11 is 0. The normalized spacial score (nSPS) is 13.0. The van der Waals surface area contributed by atoms with Gasteiger partial charge in [0.1, 0.15) is 13.2 Å². The Labute approximate surface area is 380 Å². The van der Waals surface area contributed by atoms with Crippen molar-refractivity contribution in [3.8, 4) is 0 Å². The van der Waals surface area contributed by atoms with Crippen LogP contribution in [0.3, 0.4) is 0 Å². The van der Waals surface area contributed by atoms with E-state index in [0.717, 1.165) is 128 Å². The van der Waals surface area contributed by atoms with Gasteiger partial charge in [0.05, 0.1) is 0 Å². The summed E-state index contributed by atoms with van der Waals surface area (Å²) in [5, 5.41) is 0. The summed E-state index contributed by atoms with van der Waals surface area (Å²) in [7, 11) is 0. The van der Waals surface area contributed by atoms with Gasteiger partial charge in [0, 0.05) is 19.3 Å². The summed E-state index contributed by atoms with van der Waals surface area (Å²) in [6.45, 7) is 6.28. The molecule has 0 aromatic rings. The highest BCUT2D eigenvalue weighted by Gasteiger charge is 2.19. The van der Waals surface area contributed by atoms with E-state index in [1.165, 1.54) is 38.5 Å². The maximum Gasteiger partial charge on any atom is 0.306 e. The van der Waals surface area contributed by atoms with Crippen molar-refractivity contribution in [1.82, 2.24) is 0 Å². The number of rotatable bonds is 43. The van der Waals surface area contributed by atoms with E-state index in [9.17, 15) is 14.4 Å². The first-order valence-electron chi connectivity index (χ1n) is 24.9. The number of esters is 3. The zero-order chi connectivity index (χ0) is 45.1. The fourth-order valence-corrected chi connectivity index (χ4v) is 6.30. The molecule has 0 heterocycles. The molecule has 0 amide bonds. The highest BCUT2D eigenvalue weighted by molar-refractivity contribution is 5.71. The molecule has 0 saturated carbocycles. The third-order valence-electron chi connectivity index (χ3n) is 10.0. The molecule has 6 heteroatoms. The Bertz CT molecular complexity index is 1310. The van der Waals surface area contributed by atoms with Gasteiger partial charge >= 0.3 is 17.9 Å². The van der Waals surface area contributed by atoms with Gasteiger partial charge in [-0.2, -0.15) is 0 Å². The Morgan fingerprint density at radius 3 is 1.10 bits per heavy atom. The summed E-state index contributed by atoms with van der Waals surface area (Å²) in [5.74, 6) is -0.983. The highest BCUT2D eigenvalue weighted by atomic mass is 16.6. The minimum absolute atomic E-state index is 0.108. The fourth-order valence-electron chi connectivity index (χ4n) is 6.30. The Balaban J connectivity index is 4.48. The predicted molar refractivity (Wildman–Crippen MR) is 265 cm³/mol. The largest absolute Gasteiger partial charge is 0.462 e. The van der Waals surface area contributed by atoms with Crippen LogP contribution in [0.1, 0.15) is 207 Å². The van der Waals surface area contributed by atoms with Crippen molar-refractivity contribution in [3.63, 3.8) is 0 Å². The minimum atomic E-state index is -0.807. The van der Waals surface area contributed by atoms with Gasteiger partial charge in [-0.25, -0.2) is 0 Å². The zero-order valence-corrected chi connectivity index (χ0v) is 39.8. The molecule has 350 valence electrons. The molecule has 0 fully saturated rings. The second kappa shape index (κ2) is 49.7. The van der Waals surface area contributed by atoms with Crippen molar-refractivity contribution in [2.45, 2.75) is 213 Å². The van der Waals surface area contributed by atoms with Gasteiger partial charge in [0.15, 0.2) is 6.10 Å². The smallest absolute Gasteiger partial charge is 0.306 e. The van der Waals surface area contributed by atoms with Crippen LogP contribution in [0.5, 0.6) is 0 Å². The average molecular weight is 859 g/mol. The van der Waals surface area contributed by atoms with Crippen molar-refractivity contribution in [3.05, 3.63) is 109 Å². The molecule has 1 atom stereocenters. The molecular weight excluding hydrogens is 769 g/mol. The first kappa shape index (κ1) is 58.1. The summed E-state index contributed by atoms with van der Waals surface area (Å²) in [4.78, 5) is 37.9. The number of hydrogen-bond acceptors (Lipinski definition) is 6. The van der Waals surface area contributed by atoms with Crippen LogP contribution in [0.2, 0.25) is 0 Å². The Morgan fingerprint density at radius 2 is 0.677 bits per heavy atom. The molecule has 0 aliphatic carbocycles. The third-order valence-corrected chi connectivity index (χ3v) is 10.0. The number of ether oxygens (including phenoxy) is 3. The SMILES string of the molecule is CC/C=C\C/C=C\C/C=C\C/C=C\C/C=C\CCCCCC(=O)OCC(COC(=O)CCCCC/C=C\C=C/CCCC)OC(=O)CCCCCCCCC/C=C\C/C=C\CC. The lowest BCUT2D eigenvalue weighted by Crippen LogP contribution is -2.30. The minimum Gasteiger partial charge on any atom is -0.462 e. The van der Waals surface area contributed by atoms with Gasteiger partial charge < -0.3 is 14.2 Å². The van der Waals surface area contributed by atoms with Crippen LogP contribution < -0.4 is 0 Å². The molecule has 0 bridgehead atoms. The lowest BCUT2D eigenvalue weighted by Gasteiger charge is -2.18. The van der Waals surface area contributed by atoms with Gasteiger partial charge in [-0.15, -0.1) is 0 Å². The van der Waals surface area contributed by atoms with E-state index in [-0.39, 0.29) is 31.1 Å². The van der Waals surface area contributed by atoms with E-state index >= 15 is 0 Å². The van der Waals surface area contributed by atoms with E-state index in [2.05, 4.69) is 130 Å². The Kier molecular flexibility index (Phi) is 46.6. The molecule has 0 aromatic heterocycles. The third kappa shape index (κ3) is 47.1. The summed E-state index contributed by atoms with van der Waals surface area (Å²) in [5.41, 5.74) is 0. The van der Waals surface area contributed by atoms with Crippen molar-refractivity contribution in [2.24, 2.45) is 0 Å². The van der Waals surface area contributed by atoms with Crippen molar-refractivity contribution < 1.29 is 28.6 Å². The van der Waals surface area contributed by atoms with Crippen LogP contribution in [0, 0.1) is 0 Å². The summed E-state index contributed by atoms with van der Waals surface area (Å²) in [6.07, 6.45) is 66.4. The van der Waals surface area contributed by atoms with Gasteiger partial charge in [-0.3, -0.25) is 14.4 Å². The van der Waals surface area contributed by atoms with E-state index in [1.807, 2.05) is 0 Å². The number of hydrogen-bond donors (Lipinski definition) is 0. The molecular formula is C56H90O6. The molecule has 0 radical (unpaired) electrons. The first-order chi connectivity index (χ1) is 30.5. The molecule has 1 unspecified atom stereocenters. The zero-order valence-electron chi connectivity index (χ0n) is 39.8. The van der Waals surface area contributed by atoms with E-state index in [4.69, 9.17) is 14.2 Å². The quantitative estimate of drug-likeness (QED) is 0.0200. The standard InChI is InChI=1S/C56H90O6/c1-4-7-10-13-16-19-22-24-26-27-28-29-30-32-34-37-40-43-46-49-55(58)61-52-53(51-60-54(57)48-45-42-39-36-33-21-18-15-12-9-6-3)62-56(59)50-47-44-41-38-35-31-25-23-20-17-14-11-8-5-2/h7-8,10-11,15-21,24,26,28-29,32-34,53H,4-6,9,12-14,22-23,25,27,30-31,35-52H2,1-3H3/b10-7-,11-8-,18-15-,19-16-,20-17-,26-24-,29-28-,33-21-,34-32-. The first-order valence-corrected chi connectivity index (χ1v) is 24.9. The topological polar surface area (TPSA) is 78.9 Å². The molecule has 0 aliphatic heterocycles. The van der Waals surface area contributed by atoms with Crippen LogP contribution in [-0.2, 0) is 28.6 Å². The molecule has 0 aromatic carbocycles. The lowest BCUT2D eigenvalue weighted by molar-refractivity contribution is -0.167. The van der Waals surface area contributed by atoms with E-state index in [0.29, 0.717) is 19.3 Å². The van der Waals surface area contributed by atoms with Crippen LogP contribution in [-0.4, -0.2) is 37.2 Å². The van der Waals surface area contributed by atoms with Crippen LogP contribution >= 0.6 is 0 Å². The van der Waals surface area contributed by atoms with Crippen molar-refractivity contribution >= 4 is 17.9 Å². The summed E-state index contributed by atoms with van der Waals surface area (Å²) < 4.78 is 16.7. The maximum atomic E-state index is 12.8. The number of carbonyl (C=O) groups excluding carboxylic acids is 3. The fraction of sp³-hybridized carbons (Fsp3) is 0.625. The number of carbonyl (C=O) groups is 3. The predicted octanol–water partition coefficient (Wildman–Crippen LogP) is 16.4. The molecule has 0 saturated heterocycles.